The van der Waals surface area contributed by atoms with Gasteiger partial charge in [0.2, 0.25) is 0 Å². The monoisotopic (exact) mass is 276 g/mol. The van der Waals surface area contributed by atoms with E-state index >= 15 is 0 Å². The molecule has 4 heteroatoms. The van der Waals surface area contributed by atoms with Crippen LogP contribution in [0.5, 0.6) is 0 Å². The molecule has 0 saturated heterocycles. The van der Waals surface area contributed by atoms with E-state index in [2.05, 4.69) is 11.1 Å². The van der Waals surface area contributed by atoms with E-state index < -0.39 is 0 Å². The summed E-state index contributed by atoms with van der Waals surface area (Å²) in [5.41, 5.74) is 4.26. The fourth-order valence-corrected chi connectivity index (χ4v) is 2.92. The minimum atomic E-state index is -0.114. The van der Waals surface area contributed by atoms with E-state index in [0.29, 0.717) is 17.7 Å². The summed E-state index contributed by atoms with van der Waals surface area (Å²) >= 11 is 0. The molecular weight excluding hydrogens is 264 g/mol. The molecule has 0 bridgehead atoms. The number of benzene rings is 1. The molecule has 0 aliphatic carbocycles. The molecule has 0 fully saturated rings. The fourth-order valence-electron chi connectivity index (χ4n) is 2.92. The maximum atomic E-state index is 12.4. The van der Waals surface area contributed by atoms with E-state index in [0.717, 1.165) is 34.1 Å². The third-order valence-corrected chi connectivity index (χ3v) is 4.08. The largest absolute Gasteiger partial charge is 0.302 e. The second-order valence-electron chi connectivity index (χ2n) is 5.31. The topological polar surface area (TPSA) is 52.0 Å². The molecule has 21 heavy (non-hydrogen) atoms. The second kappa shape index (κ2) is 4.12. The number of nitrogens with zero attached hydrogens (tertiary/aromatic N) is 2. The SMILES string of the molecule is Cc1c(C=O)cc2n(c1=O)Cc1cc3ccccc3nc1-2. The summed E-state index contributed by atoms with van der Waals surface area (Å²) in [6.45, 7) is 2.20. The maximum absolute atomic E-state index is 12.4. The summed E-state index contributed by atoms with van der Waals surface area (Å²) in [5, 5.41) is 1.06. The van der Waals surface area contributed by atoms with E-state index in [1.165, 1.54) is 0 Å². The Bertz CT molecular complexity index is 970. The molecule has 4 rings (SSSR count). The zero-order valence-electron chi connectivity index (χ0n) is 11.5. The number of aldehydes is 1. The molecule has 1 aliphatic heterocycles. The van der Waals surface area contributed by atoms with E-state index in [-0.39, 0.29) is 5.56 Å². The van der Waals surface area contributed by atoms with Crippen LogP contribution in [0.2, 0.25) is 0 Å². The predicted octanol–water partition coefficient (Wildman–Crippen LogP) is 2.55. The Balaban J connectivity index is 2.07. The first-order valence-corrected chi connectivity index (χ1v) is 6.77. The van der Waals surface area contributed by atoms with Gasteiger partial charge >= 0.3 is 0 Å². The van der Waals surface area contributed by atoms with Gasteiger partial charge in [0.15, 0.2) is 6.29 Å². The van der Waals surface area contributed by atoms with Crippen LogP contribution in [-0.2, 0) is 6.54 Å². The molecule has 0 amide bonds. The van der Waals surface area contributed by atoms with E-state index in [9.17, 15) is 9.59 Å². The summed E-state index contributed by atoms with van der Waals surface area (Å²) < 4.78 is 1.69. The van der Waals surface area contributed by atoms with Gasteiger partial charge in [0, 0.05) is 22.1 Å². The van der Waals surface area contributed by atoms with Crippen LogP contribution >= 0.6 is 0 Å². The van der Waals surface area contributed by atoms with Crippen LogP contribution in [0.1, 0.15) is 21.5 Å². The zero-order chi connectivity index (χ0) is 14.6. The molecule has 2 aromatic heterocycles. The van der Waals surface area contributed by atoms with Crippen LogP contribution in [0.15, 0.2) is 41.2 Å². The lowest BCUT2D eigenvalue weighted by Crippen LogP contribution is -2.22. The van der Waals surface area contributed by atoms with Crippen molar-refractivity contribution in [2.45, 2.75) is 13.5 Å². The van der Waals surface area contributed by atoms with Gasteiger partial charge in [-0.2, -0.15) is 0 Å². The Labute approximate surface area is 120 Å². The average Bonchev–Trinajstić information content (AvgIpc) is 2.86. The molecule has 0 atom stereocenters. The number of hydrogen-bond acceptors (Lipinski definition) is 3. The first-order valence-electron chi connectivity index (χ1n) is 6.77. The molecule has 0 saturated carbocycles. The smallest absolute Gasteiger partial charge is 0.255 e. The lowest BCUT2D eigenvalue weighted by molar-refractivity contribution is 0.112. The lowest BCUT2D eigenvalue weighted by atomic mass is 10.1. The fraction of sp³-hybridized carbons (Fsp3) is 0.118. The predicted molar refractivity (Wildman–Crippen MR) is 80.7 cm³/mol. The lowest BCUT2D eigenvalue weighted by Gasteiger charge is -2.06. The Morgan fingerprint density at radius 2 is 2.05 bits per heavy atom. The average molecular weight is 276 g/mol. The van der Waals surface area contributed by atoms with E-state index in [4.69, 9.17) is 0 Å². The van der Waals surface area contributed by atoms with Crippen LogP contribution < -0.4 is 5.56 Å². The highest BCUT2D eigenvalue weighted by Gasteiger charge is 2.23. The van der Waals surface area contributed by atoms with Crippen molar-refractivity contribution >= 4 is 17.2 Å². The molecular formula is C17H12N2O2. The van der Waals surface area contributed by atoms with Gasteiger partial charge in [0.1, 0.15) is 0 Å². The third-order valence-electron chi connectivity index (χ3n) is 4.08. The number of rotatable bonds is 1. The minimum Gasteiger partial charge on any atom is -0.302 e. The number of carbonyl (C=O) groups excluding carboxylic acids is 1. The first kappa shape index (κ1) is 12.0. The minimum absolute atomic E-state index is 0.114. The molecule has 3 heterocycles. The molecule has 0 spiro atoms. The zero-order valence-corrected chi connectivity index (χ0v) is 11.5. The molecule has 0 N–H and O–H groups in total. The van der Waals surface area contributed by atoms with Crippen molar-refractivity contribution in [1.82, 2.24) is 9.55 Å². The summed E-state index contributed by atoms with van der Waals surface area (Å²) in [7, 11) is 0. The summed E-state index contributed by atoms with van der Waals surface area (Å²) in [4.78, 5) is 28.2. The van der Waals surface area contributed by atoms with Gasteiger partial charge in [-0.3, -0.25) is 9.59 Å². The van der Waals surface area contributed by atoms with Crippen LogP contribution in [0.4, 0.5) is 0 Å². The molecule has 3 aromatic rings. The van der Waals surface area contributed by atoms with Crippen molar-refractivity contribution in [2.75, 3.05) is 0 Å². The van der Waals surface area contributed by atoms with Crippen molar-refractivity contribution in [1.29, 1.82) is 0 Å². The number of carbonyl (C=O) groups is 1. The van der Waals surface area contributed by atoms with Gasteiger partial charge in [-0.25, -0.2) is 4.98 Å². The van der Waals surface area contributed by atoms with Crippen LogP contribution in [0, 0.1) is 6.92 Å². The summed E-state index contributed by atoms with van der Waals surface area (Å²) in [6, 6.07) is 11.7. The molecule has 1 aromatic carbocycles. The number of hydrogen-bond donors (Lipinski definition) is 0. The van der Waals surface area contributed by atoms with Crippen molar-refractivity contribution in [3.63, 3.8) is 0 Å². The molecule has 0 radical (unpaired) electrons. The number of pyridine rings is 2. The van der Waals surface area contributed by atoms with Gasteiger partial charge < -0.3 is 4.57 Å². The van der Waals surface area contributed by atoms with Gasteiger partial charge in [-0.1, -0.05) is 18.2 Å². The number of para-hydroxylation sites is 1. The van der Waals surface area contributed by atoms with Crippen molar-refractivity contribution in [2.24, 2.45) is 0 Å². The van der Waals surface area contributed by atoms with Crippen LogP contribution in [0.25, 0.3) is 22.3 Å². The Hall–Kier alpha value is -2.75. The van der Waals surface area contributed by atoms with Crippen LogP contribution in [0.3, 0.4) is 0 Å². The van der Waals surface area contributed by atoms with Crippen molar-refractivity contribution in [3.8, 4) is 11.4 Å². The highest BCUT2D eigenvalue weighted by atomic mass is 16.1. The van der Waals surface area contributed by atoms with E-state index in [1.54, 1.807) is 17.6 Å². The van der Waals surface area contributed by atoms with Crippen LogP contribution in [-0.4, -0.2) is 15.8 Å². The highest BCUT2D eigenvalue weighted by Crippen LogP contribution is 2.31. The molecule has 0 unspecified atom stereocenters. The summed E-state index contributed by atoms with van der Waals surface area (Å²) in [5.74, 6) is 0. The van der Waals surface area contributed by atoms with E-state index in [1.807, 2.05) is 24.3 Å². The van der Waals surface area contributed by atoms with Gasteiger partial charge in [-0.05, 0) is 25.1 Å². The number of fused-ring (bicyclic) bond motifs is 4. The van der Waals surface area contributed by atoms with Gasteiger partial charge in [-0.15, -0.1) is 0 Å². The van der Waals surface area contributed by atoms with Crippen molar-refractivity contribution < 1.29 is 4.79 Å². The molecule has 1 aliphatic rings. The summed E-state index contributed by atoms with van der Waals surface area (Å²) in [6.07, 6.45) is 0.733. The standard InChI is InChI=1S/C17H12N2O2/c1-10-13(9-20)7-15-16-12(8-19(15)17(10)21)6-11-4-2-3-5-14(11)18-16/h2-7,9H,8H2,1H3. The number of aromatic nitrogens is 2. The Morgan fingerprint density at radius 3 is 2.86 bits per heavy atom. The maximum Gasteiger partial charge on any atom is 0.255 e. The molecule has 4 nitrogen and oxygen atoms in total. The Kier molecular flexibility index (Phi) is 2.36. The molecule has 102 valence electrons. The Morgan fingerprint density at radius 1 is 1.24 bits per heavy atom. The highest BCUT2D eigenvalue weighted by molar-refractivity contribution is 5.85. The van der Waals surface area contributed by atoms with Gasteiger partial charge in [0.05, 0.1) is 23.4 Å². The normalized spacial score (nSPS) is 12.2. The first-order chi connectivity index (χ1) is 10.2. The third kappa shape index (κ3) is 1.59. The quantitative estimate of drug-likeness (QED) is 0.502. The second-order valence-corrected chi connectivity index (χ2v) is 5.31. The van der Waals surface area contributed by atoms with Gasteiger partial charge in [0.25, 0.3) is 5.56 Å². The van der Waals surface area contributed by atoms with Crippen molar-refractivity contribution in [3.05, 3.63) is 63.4 Å².